The Morgan fingerprint density at radius 2 is 1.72 bits per heavy atom. The van der Waals surface area contributed by atoms with Crippen LogP contribution in [0.15, 0.2) is 18.2 Å². The Hall–Kier alpha value is -1.66. The minimum atomic E-state index is -0.123. The van der Waals surface area contributed by atoms with Crippen molar-refractivity contribution in [2.24, 2.45) is 17.8 Å². The van der Waals surface area contributed by atoms with E-state index >= 15 is 0 Å². The molecule has 0 spiro atoms. The zero-order valence-electron chi connectivity index (χ0n) is 18.3. The smallest absolute Gasteiger partial charge is 0.317 e. The first-order valence-corrected chi connectivity index (χ1v) is 12.7. The molecule has 1 heterocycles. The molecule has 3 N–H and O–H groups in total. The second-order valence-electron chi connectivity index (χ2n) is 10.4. The highest BCUT2D eigenvalue weighted by molar-refractivity contribution is 6.35. The van der Waals surface area contributed by atoms with Gasteiger partial charge in [-0.1, -0.05) is 29.3 Å². The number of likely N-dealkylation sites (tertiary alicyclic amines) is 1. The number of carbonyl (C=O) groups is 2. The minimum Gasteiger partial charge on any atom is -0.336 e. The lowest BCUT2D eigenvalue weighted by molar-refractivity contribution is -0.0135. The monoisotopic (exact) mass is 478 g/mol. The van der Waals surface area contributed by atoms with Crippen molar-refractivity contribution in [3.63, 3.8) is 0 Å². The number of rotatable bonds is 5. The Morgan fingerprint density at radius 1 is 1.03 bits per heavy atom. The van der Waals surface area contributed by atoms with Crippen LogP contribution in [-0.4, -0.2) is 41.6 Å². The van der Waals surface area contributed by atoms with Gasteiger partial charge >= 0.3 is 12.1 Å². The van der Waals surface area contributed by atoms with Crippen molar-refractivity contribution in [2.75, 3.05) is 13.1 Å². The van der Waals surface area contributed by atoms with Crippen LogP contribution in [0.2, 0.25) is 10.0 Å². The molecule has 1 aliphatic heterocycles. The zero-order valence-corrected chi connectivity index (χ0v) is 19.9. The lowest BCUT2D eigenvalue weighted by Crippen LogP contribution is -2.62. The molecule has 1 aromatic rings. The highest BCUT2D eigenvalue weighted by Gasteiger charge is 2.51. The van der Waals surface area contributed by atoms with Crippen LogP contribution < -0.4 is 16.0 Å². The van der Waals surface area contributed by atoms with Crippen LogP contribution in [0.3, 0.4) is 0 Å². The quantitative estimate of drug-likeness (QED) is 0.560. The Bertz CT molecular complexity index is 857. The fraction of sp³-hybridized carbons (Fsp3) is 0.667. The number of hydrogen-bond donors (Lipinski definition) is 3. The van der Waals surface area contributed by atoms with Crippen LogP contribution in [-0.2, 0) is 6.54 Å². The van der Waals surface area contributed by atoms with E-state index in [0.717, 1.165) is 55.4 Å². The number of amides is 4. The van der Waals surface area contributed by atoms with Crippen molar-refractivity contribution in [1.29, 1.82) is 0 Å². The lowest BCUT2D eigenvalue weighted by atomic mass is 9.53. The molecule has 1 unspecified atom stereocenters. The Balaban J connectivity index is 1.11. The summed E-state index contributed by atoms with van der Waals surface area (Å²) >= 11 is 12.2. The molecule has 1 aromatic carbocycles. The van der Waals surface area contributed by atoms with Gasteiger partial charge in [0.15, 0.2) is 0 Å². The number of benzene rings is 1. The van der Waals surface area contributed by atoms with E-state index in [-0.39, 0.29) is 23.6 Å². The van der Waals surface area contributed by atoms with E-state index in [2.05, 4.69) is 16.0 Å². The molecule has 4 bridgehead atoms. The highest BCUT2D eigenvalue weighted by Crippen LogP contribution is 2.55. The third-order valence-electron chi connectivity index (χ3n) is 8.00. The molecule has 174 valence electrons. The number of halogens is 2. The molecule has 5 aliphatic rings. The zero-order chi connectivity index (χ0) is 22.3. The first kappa shape index (κ1) is 22.1. The maximum atomic E-state index is 12.8. The van der Waals surface area contributed by atoms with Gasteiger partial charge in [-0.3, -0.25) is 0 Å². The molecule has 0 aromatic heterocycles. The van der Waals surface area contributed by atoms with Crippen LogP contribution in [0.1, 0.15) is 56.9 Å². The summed E-state index contributed by atoms with van der Waals surface area (Å²) in [6.07, 6.45) is 9.32. The van der Waals surface area contributed by atoms with Gasteiger partial charge in [0, 0.05) is 35.2 Å². The summed E-state index contributed by atoms with van der Waals surface area (Å²) in [6, 6.07) is 5.07. The van der Waals surface area contributed by atoms with Crippen molar-refractivity contribution in [3.05, 3.63) is 33.8 Å². The third-order valence-corrected chi connectivity index (χ3v) is 8.59. The van der Waals surface area contributed by atoms with Gasteiger partial charge in [-0.2, -0.15) is 0 Å². The molecule has 4 aliphatic carbocycles. The molecule has 1 saturated heterocycles. The normalized spacial score (nSPS) is 32.8. The van der Waals surface area contributed by atoms with Crippen LogP contribution >= 0.6 is 23.2 Å². The second kappa shape index (κ2) is 8.94. The minimum absolute atomic E-state index is 0.00339. The van der Waals surface area contributed by atoms with Crippen LogP contribution in [0, 0.1) is 17.8 Å². The molecule has 1 atom stereocenters. The molecule has 8 heteroatoms. The maximum Gasteiger partial charge on any atom is 0.317 e. The Morgan fingerprint density at radius 3 is 2.38 bits per heavy atom. The molecular weight excluding hydrogens is 447 g/mol. The largest absolute Gasteiger partial charge is 0.336 e. The first-order valence-electron chi connectivity index (χ1n) is 11.9. The maximum absolute atomic E-state index is 12.8. The number of carbonyl (C=O) groups excluding carboxylic acids is 2. The van der Waals surface area contributed by atoms with Gasteiger partial charge in [-0.15, -0.1) is 0 Å². The van der Waals surface area contributed by atoms with Gasteiger partial charge in [0.2, 0.25) is 0 Å². The van der Waals surface area contributed by atoms with E-state index in [4.69, 9.17) is 23.2 Å². The van der Waals surface area contributed by atoms with E-state index in [1.54, 1.807) is 12.1 Å². The fourth-order valence-corrected chi connectivity index (χ4v) is 7.49. The van der Waals surface area contributed by atoms with E-state index in [1.807, 2.05) is 11.0 Å². The summed E-state index contributed by atoms with van der Waals surface area (Å²) in [7, 11) is 0. The molecule has 6 nitrogen and oxygen atoms in total. The van der Waals surface area contributed by atoms with Crippen molar-refractivity contribution in [2.45, 2.75) is 69.5 Å². The number of nitrogens with zero attached hydrogens (tertiary/aromatic N) is 1. The predicted molar refractivity (Wildman–Crippen MR) is 126 cm³/mol. The standard InChI is InChI=1S/C24H32Cl2N4O2/c25-19-4-3-18(21(26)9-19)13-28-23(32)30-5-1-2-20(30)14-27-22(31)29-24-10-15-6-16(11-24)8-17(7-15)12-24/h3-4,9,15-17,20H,1-2,5-8,10-14H2,(H,28,32)(H2,27,29,31). The van der Waals surface area contributed by atoms with Crippen molar-refractivity contribution < 1.29 is 9.59 Å². The van der Waals surface area contributed by atoms with Gasteiger partial charge in [-0.05, 0) is 86.8 Å². The van der Waals surface area contributed by atoms with Gasteiger partial charge in [0.25, 0.3) is 0 Å². The fourth-order valence-electron chi connectivity index (χ4n) is 7.01. The molecule has 4 saturated carbocycles. The molecule has 32 heavy (non-hydrogen) atoms. The van der Waals surface area contributed by atoms with Crippen LogP contribution in [0.4, 0.5) is 9.59 Å². The third kappa shape index (κ3) is 4.67. The van der Waals surface area contributed by atoms with Crippen molar-refractivity contribution >= 4 is 35.3 Å². The summed E-state index contributed by atoms with van der Waals surface area (Å²) in [5, 5.41) is 10.5. The summed E-state index contributed by atoms with van der Waals surface area (Å²) in [5.74, 6) is 2.39. The molecule has 0 radical (unpaired) electrons. The molecule has 6 rings (SSSR count). The van der Waals surface area contributed by atoms with E-state index in [9.17, 15) is 9.59 Å². The Labute approximate surface area is 199 Å². The van der Waals surface area contributed by atoms with Crippen molar-refractivity contribution in [3.8, 4) is 0 Å². The van der Waals surface area contributed by atoms with E-state index in [1.165, 1.54) is 19.3 Å². The lowest BCUT2D eigenvalue weighted by Gasteiger charge is -2.56. The first-order chi connectivity index (χ1) is 15.4. The van der Waals surface area contributed by atoms with Gasteiger partial charge in [-0.25, -0.2) is 9.59 Å². The van der Waals surface area contributed by atoms with Crippen LogP contribution in [0.5, 0.6) is 0 Å². The summed E-state index contributed by atoms with van der Waals surface area (Å²) < 4.78 is 0. The van der Waals surface area contributed by atoms with Crippen molar-refractivity contribution in [1.82, 2.24) is 20.9 Å². The van der Waals surface area contributed by atoms with Gasteiger partial charge in [0.1, 0.15) is 0 Å². The summed E-state index contributed by atoms with van der Waals surface area (Å²) in [5.41, 5.74) is 0.830. The van der Waals surface area contributed by atoms with E-state index in [0.29, 0.717) is 29.7 Å². The molecular formula is C24H32Cl2N4O2. The molecule has 5 fully saturated rings. The number of urea groups is 2. The predicted octanol–water partition coefficient (Wildman–Crippen LogP) is 4.94. The highest BCUT2D eigenvalue weighted by atomic mass is 35.5. The second-order valence-corrected chi connectivity index (χ2v) is 11.3. The van der Waals surface area contributed by atoms with Gasteiger partial charge in [0.05, 0.1) is 6.04 Å². The summed E-state index contributed by atoms with van der Waals surface area (Å²) in [6.45, 7) is 1.52. The van der Waals surface area contributed by atoms with Gasteiger partial charge < -0.3 is 20.9 Å². The summed E-state index contributed by atoms with van der Waals surface area (Å²) in [4.78, 5) is 27.4. The van der Waals surface area contributed by atoms with Crippen LogP contribution in [0.25, 0.3) is 0 Å². The number of nitrogens with one attached hydrogen (secondary N) is 3. The molecule has 4 amide bonds. The Kier molecular flexibility index (Phi) is 6.19. The topological polar surface area (TPSA) is 73.5 Å². The average Bonchev–Trinajstić information content (AvgIpc) is 3.19. The number of hydrogen-bond acceptors (Lipinski definition) is 2. The van der Waals surface area contributed by atoms with E-state index < -0.39 is 0 Å². The average molecular weight is 479 g/mol. The SMILES string of the molecule is O=C(NCC1CCCN1C(=O)NCc1ccc(Cl)cc1Cl)NC12CC3CC(CC(C3)C1)C2.